The molecule has 1 aromatic heterocycles. The van der Waals surface area contributed by atoms with Gasteiger partial charge in [0.2, 0.25) is 0 Å². The molecule has 0 atom stereocenters. The van der Waals surface area contributed by atoms with Crippen LogP contribution in [0.15, 0.2) is 46.1 Å². The molecule has 0 aliphatic carbocycles. The van der Waals surface area contributed by atoms with Gasteiger partial charge in [-0.3, -0.25) is 15.5 Å². The maximum Gasteiger partial charge on any atom is 0.416 e. The molecule has 0 unspecified atom stereocenters. The minimum atomic E-state index is -4.66. The summed E-state index contributed by atoms with van der Waals surface area (Å²) in [5.74, 6) is 0.432. The molecule has 9 heteroatoms. The Morgan fingerprint density at radius 1 is 1.36 bits per heavy atom. The van der Waals surface area contributed by atoms with Crippen LogP contribution in [0, 0.1) is 10.1 Å². The van der Waals surface area contributed by atoms with Gasteiger partial charge in [0.25, 0.3) is 5.69 Å². The van der Waals surface area contributed by atoms with Crippen LogP contribution in [0.25, 0.3) is 0 Å². The number of rotatable bonds is 4. The molecule has 0 spiro atoms. The lowest BCUT2D eigenvalue weighted by molar-refractivity contribution is -0.384. The Balaban J connectivity index is 2.31. The highest BCUT2D eigenvalue weighted by Gasteiger charge is 2.33. The van der Waals surface area contributed by atoms with Gasteiger partial charge in [0.15, 0.2) is 0 Å². The minimum Gasteiger partial charge on any atom is -0.463 e. The van der Waals surface area contributed by atoms with Gasteiger partial charge in [-0.05, 0) is 31.2 Å². The van der Waals surface area contributed by atoms with Crippen LogP contribution in [0.2, 0.25) is 0 Å². The summed E-state index contributed by atoms with van der Waals surface area (Å²) in [7, 11) is 0. The lowest BCUT2D eigenvalue weighted by Crippen LogP contribution is -2.07. The number of nitrogens with one attached hydrogen (secondary N) is 1. The molecule has 22 heavy (non-hydrogen) atoms. The van der Waals surface area contributed by atoms with E-state index >= 15 is 0 Å². The molecule has 0 aliphatic rings. The average molecular weight is 313 g/mol. The van der Waals surface area contributed by atoms with Crippen LogP contribution in [-0.2, 0) is 6.18 Å². The van der Waals surface area contributed by atoms with Gasteiger partial charge in [-0.15, -0.1) is 0 Å². The van der Waals surface area contributed by atoms with Crippen LogP contribution >= 0.6 is 0 Å². The van der Waals surface area contributed by atoms with Gasteiger partial charge in [0.1, 0.15) is 17.2 Å². The summed E-state index contributed by atoms with van der Waals surface area (Å²) < 4.78 is 42.8. The first kappa shape index (κ1) is 15.5. The van der Waals surface area contributed by atoms with E-state index in [1.807, 2.05) is 0 Å². The number of hydrogen-bond acceptors (Lipinski definition) is 5. The molecule has 0 aliphatic heterocycles. The van der Waals surface area contributed by atoms with Gasteiger partial charge in [-0.1, -0.05) is 0 Å². The van der Waals surface area contributed by atoms with E-state index in [0.717, 1.165) is 12.1 Å². The highest BCUT2D eigenvalue weighted by molar-refractivity contribution is 5.96. The third kappa shape index (κ3) is 3.43. The van der Waals surface area contributed by atoms with Crippen LogP contribution in [0.1, 0.15) is 18.2 Å². The van der Waals surface area contributed by atoms with E-state index in [1.165, 1.54) is 6.26 Å². The van der Waals surface area contributed by atoms with Crippen molar-refractivity contribution in [2.75, 3.05) is 5.43 Å². The molecule has 6 nitrogen and oxygen atoms in total. The Bertz CT molecular complexity index is 709. The van der Waals surface area contributed by atoms with Crippen LogP contribution in [0.3, 0.4) is 0 Å². The summed E-state index contributed by atoms with van der Waals surface area (Å²) in [6, 6.07) is 5.42. The number of hydrazone groups is 1. The SMILES string of the molecule is C/C(=N/Nc1ccc(C(F)(F)F)cc1[N+](=O)[O-])c1ccco1. The van der Waals surface area contributed by atoms with Crippen molar-refractivity contribution in [1.29, 1.82) is 0 Å². The van der Waals surface area contributed by atoms with Gasteiger partial charge in [-0.2, -0.15) is 18.3 Å². The van der Waals surface area contributed by atoms with E-state index < -0.39 is 22.4 Å². The van der Waals surface area contributed by atoms with Crippen molar-refractivity contribution in [2.24, 2.45) is 5.10 Å². The van der Waals surface area contributed by atoms with Crippen molar-refractivity contribution in [1.82, 2.24) is 0 Å². The first-order chi connectivity index (χ1) is 10.3. The maximum absolute atomic E-state index is 12.6. The molecule has 0 fully saturated rings. The molecule has 0 bridgehead atoms. The Hall–Kier alpha value is -2.84. The monoisotopic (exact) mass is 313 g/mol. The fraction of sp³-hybridized carbons (Fsp3) is 0.154. The summed E-state index contributed by atoms with van der Waals surface area (Å²) in [6.45, 7) is 1.59. The first-order valence-corrected chi connectivity index (χ1v) is 5.99. The quantitative estimate of drug-likeness (QED) is 0.524. The van der Waals surface area contributed by atoms with E-state index in [-0.39, 0.29) is 5.69 Å². The number of furan rings is 1. The molecular formula is C13H10F3N3O3. The van der Waals surface area contributed by atoms with E-state index in [0.29, 0.717) is 17.5 Å². The normalized spacial score (nSPS) is 12.3. The van der Waals surface area contributed by atoms with E-state index in [4.69, 9.17) is 4.42 Å². The summed E-state index contributed by atoms with van der Waals surface area (Å²) in [5, 5.41) is 14.8. The Labute approximate surface area is 122 Å². The average Bonchev–Trinajstić information content (AvgIpc) is 2.97. The fourth-order valence-electron chi connectivity index (χ4n) is 1.64. The Morgan fingerprint density at radius 3 is 2.64 bits per heavy atom. The summed E-state index contributed by atoms with van der Waals surface area (Å²) in [4.78, 5) is 10.00. The van der Waals surface area contributed by atoms with Crippen LogP contribution in [0.4, 0.5) is 24.5 Å². The highest BCUT2D eigenvalue weighted by atomic mass is 19.4. The number of hydrogen-bond donors (Lipinski definition) is 1. The number of benzene rings is 1. The molecule has 2 aromatic rings. The first-order valence-electron chi connectivity index (χ1n) is 5.99. The van der Waals surface area contributed by atoms with E-state index in [2.05, 4.69) is 10.5 Å². The zero-order chi connectivity index (χ0) is 16.3. The maximum atomic E-state index is 12.6. The molecular weight excluding hydrogens is 303 g/mol. The second-order valence-electron chi connectivity index (χ2n) is 4.27. The van der Waals surface area contributed by atoms with Gasteiger partial charge >= 0.3 is 6.18 Å². The lowest BCUT2D eigenvalue weighted by Gasteiger charge is -2.08. The van der Waals surface area contributed by atoms with Gasteiger partial charge < -0.3 is 4.42 Å². The van der Waals surface area contributed by atoms with Crippen molar-refractivity contribution in [3.8, 4) is 0 Å². The predicted molar refractivity (Wildman–Crippen MR) is 72.6 cm³/mol. The summed E-state index contributed by atoms with van der Waals surface area (Å²) in [6.07, 6.45) is -3.23. The zero-order valence-corrected chi connectivity index (χ0v) is 11.2. The predicted octanol–water partition coefficient (Wildman–Crippen LogP) is 4.04. The fourth-order valence-corrected chi connectivity index (χ4v) is 1.64. The summed E-state index contributed by atoms with van der Waals surface area (Å²) in [5.41, 5.74) is 0.802. The molecule has 0 saturated heterocycles. The van der Waals surface area contributed by atoms with Crippen LogP contribution < -0.4 is 5.43 Å². The number of alkyl halides is 3. The van der Waals surface area contributed by atoms with Crippen molar-refractivity contribution in [2.45, 2.75) is 13.1 Å². The number of nitro groups is 1. The third-order valence-corrected chi connectivity index (χ3v) is 2.74. The molecule has 116 valence electrons. The lowest BCUT2D eigenvalue weighted by atomic mass is 10.1. The van der Waals surface area contributed by atoms with Crippen molar-refractivity contribution >= 4 is 17.1 Å². The molecule has 1 aromatic carbocycles. The Morgan fingerprint density at radius 2 is 2.09 bits per heavy atom. The van der Waals surface area contributed by atoms with Gasteiger partial charge in [0, 0.05) is 6.07 Å². The topological polar surface area (TPSA) is 80.7 Å². The third-order valence-electron chi connectivity index (χ3n) is 2.74. The van der Waals surface area contributed by atoms with Crippen LogP contribution in [-0.4, -0.2) is 10.6 Å². The van der Waals surface area contributed by atoms with Gasteiger partial charge in [-0.25, -0.2) is 0 Å². The molecule has 1 heterocycles. The second kappa shape index (κ2) is 5.88. The molecule has 0 amide bonds. The van der Waals surface area contributed by atoms with Gasteiger partial charge in [0.05, 0.1) is 16.7 Å². The molecule has 0 saturated carbocycles. The largest absolute Gasteiger partial charge is 0.463 e. The molecule has 0 radical (unpaired) electrons. The van der Waals surface area contributed by atoms with E-state index in [9.17, 15) is 23.3 Å². The minimum absolute atomic E-state index is 0.149. The molecule has 1 N–H and O–H groups in total. The Kier molecular flexibility index (Phi) is 4.15. The molecule has 2 rings (SSSR count). The second-order valence-corrected chi connectivity index (χ2v) is 4.27. The summed E-state index contributed by atoms with van der Waals surface area (Å²) >= 11 is 0. The number of nitrogens with zero attached hydrogens (tertiary/aromatic N) is 2. The smallest absolute Gasteiger partial charge is 0.416 e. The standard InChI is InChI=1S/C13H10F3N3O3/c1-8(12-3-2-6-22-12)17-18-10-5-4-9(13(14,15)16)7-11(10)19(20)21/h2-7,18H,1H3/b17-8-. The van der Waals surface area contributed by atoms with Crippen molar-refractivity contribution in [3.05, 3.63) is 58.0 Å². The number of halogens is 3. The highest BCUT2D eigenvalue weighted by Crippen LogP contribution is 2.34. The van der Waals surface area contributed by atoms with E-state index in [1.54, 1.807) is 19.1 Å². The number of anilines is 1. The van der Waals surface area contributed by atoms with Crippen molar-refractivity contribution in [3.63, 3.8) is 0 Å². The van der Waals surface area contributed by atoms with Crippen molar-refractivity contribution < 1.29 is 22.5 Å². The number of nitro benzene ring substituents is 1. The zero-order valence-electron chi connectivity index (χ0n) is 11.2. The van der Waals surface area contributed by atoms with Crippen LogP contribution in [0.5, 0.6) is 0 Å².